The molecule has 124 valence electrons. The summed E-state index contributed by atoms with van der Waals surface area (Å²) in [6.45, 7) is -0.188. The van der Waals surface area contributed by atoms with Crippen LogP contribution in [0.5, 0.6) is 0 Å². The number of ether oxygens (including phenoxy) is 1. The van der Waals surface area contributed by atoms with Gasteiger partial charge in [-0.05, 0) is 6.92 Å². The van der Waals surface area contributed by atoms with Crippen molar-refractivity contribution in [3.8, 4) is 0 Å². The average Bonchev–Trinajstić information content (AvgIpc) is 2.66. The van der Waals surface area contributed by atoms with Crippen LogP contribution in [0.2, 0.25) is 5.02 Å². The van der Waals surface area contributed by atoms with Gasteiger partial charge in [0, 0.05) is 6.42 Å². The molecule has 4 nitrogen and oxygen atoms in total. The van der Waals surface area contributed by atoms with Crippen molar-refractivity contribution in [3.05, 3.63) is 28.3 Å². The number of nitrogens with zero attached hydrogens (tertiary/aromatic N) is 2. The lowest BCUT2D eigenvalue weighted by molar-refractivity contribution is -0.146. The number of hydrogen-bond donors (Lipinski definition) is 0. The standard InChI is InChI=1S/C11H9ClF6N2O2/c1-5-8(12)9(11(16,17)18)19-20(5)4-7(21)22-3-2-6(13)10(14)15/h2-4H2,1H3. The Morgan fingerprint density at radius 2 is 1.91 bits per heavy atom. The molecule has 1 heterocycles. The monoisotopic (exact) mass is 350 g/mol. The van der Waals surface area contributed by atoms with Gasteiger partial charge in [-0.1, -0.05) is 11.6 Å². The van der Waals surface area contributed by atoms with Gasteiger partial charge in [0.25, 0.3) is 0 Å². The zero-order valence-corrected chi connectivity index (χ0v) is 11.7. The van der Waals surface area contributed by atoms with Crippen molar-refractivity contribution in [2.75, 3.05) is 6.61 Å². The summed E-state index contributed by atoms with van der Waals surface area (Å²) in [5.41, 5.74) is -1.47. The molecular formula is C11H9ClF6N2O2. The van der Waals surface area contributed by atoms with E-state index < -0.39 is 54.3 Å². The summed E-state index contributed by atoms with van der Waals surface area (Å²) in [5, 5.41) is 2.49. The first-order chi connectivity index (χ1) is 10.0. The Hall–Kier alpha value is -1.71. The van der Waals surface area contributed by atoms with E-state index >= 15 is 0 Å². The molecule has 0 bridgehead atoms. The molecule has 0 saturated carbocycles. The van der Waals surface area contributed by atoms with Crippen molar-refractivity contribution in [2.24, 2.45) is 0 Å². The summed E-state index contributed by atoms with van der Waals surface area (Å²) in [4.78, 5) is 11.4. The molecule has 22 heavy (non-hydrogen) atoms. The molecule has 0 spiro atoms. The summed E-state index contributed by atoms with van der Waals surface area (Å²) >= 11 is 5.47. The molecule has 0 aliphatic carbocycles. The van der Waals surface area contributed by atoms with E-state index in [0.29, 0.717) is 4.68 Å². The number of halogens is 7. The predicted molar refractivity (Wildman–Crippen MR) is 62.9 cm³/mol. The minimum Gasteiger partial charge on any atom is -0.464 e. The number of hydrogen-bond acceptors (Lipinski definition) is 3. The van der Waals surface area contributed by atoms with E-state index in [2.05, 4.69) is 9.84 Å². The van der Waals surface area contributed by atoms with Crippen molar-refractivity contribution in [1.29, 1.82) is 0 Å². The predicted octanol–water partition coefficient (Wildman–Crippen LogP) is 3.87. The van der Waals surface area contributed by atoms with Gasteiger partial charge >= 0.3 is 18.2 Å². The average molecular weight is 351 g/mol. The van der Waals surface area contributed by atoms with Gasteiger partial charge in [-0.25, -0.2) is 4.39 Å². The fourth-order valence-corrected chi connectivity index (χ4v) is 1.62. The quantitative estimate of drug-likeness (QED) is 0.598. The van der Waals surface area contributed by atoms with Gasteiger partial charge in [0.2, 0.25) is 0 Å². The van der Waals surface area contributed by atoms with Crippen LogP contribution in [0.15, 0.2) is 11.9 Å². The van der Waals surface area contributed by atoms with Crippen molar-refractivity contribution in [1.82, 2.24) is 9.78 Å². The number of carbonyl (C=O) groups excluding carboxylic acids is 1. The lowest BCUT2D eigenvalue weighted by atomic mass is 10.3. The van der Waals surface area contributed by atoms with Gasteiger partial charge in [-0.3, -0.25) is 9.48 Å². The first kappa shape index (κ1) is 18.3. The van der Waals surface area contributed by atoms with Crippen molar-refractivity contribution >= 4 is 17.6 Å². The van der Waals surface area contributed by atoms with Crippen molar-refractivity contribution < 1.29 is 35.9 Å². The third-order valence-electron chi connectivity index (χ3n) is 2.47. The maximum absolute atomic E-state index is 12.6. The third kappa shape index (κ3) is 4.65. The van der Waals surface area contributed by atoms with E-state index in [1.807, 2.05) is 0 Å². The topological polar surface area (TPSA) is 44.1 Å². The summed E-state index contributed by atoms with van der Waals surface area (Å²) in [5.74, 6) is -2.80. The van der Waals surface area contributed by atoms with Crippen LogP contribution in [0.1, 0.15) is 17.8 Å². The molecule has 0 N–H and O–H groups in total. The maximum Gasteiger partial charge on any atom is 0.436 e. The number of rotatable bonds is 5. The van der Waals surface area contributed by atoms with Gasteiger partial charge in [0.05, 0.1) is 17.3 Å². The molecule has 1 rings (SSSR count). The molecule has 0 saturated heterocycles. The Labute approximate surface area is 125 Å². The van der Waals surface area contributed by atoms with E-state index in [0.717, 1.165) is 0 Å². The SMILES string of the molecule is Cc1c(Cl)c(C(F)(F)F)nn1CC(=O)OCCC(F)=C(F)F. The summed E-state index contributed by atoms with van der Waals surface area (Å²) in [6.07, 6.45) is -8.15. The number of aromatic nitrogens is 2. The third-order valence-corrected chi connectivity index (χ3v) is 2.92. The summed E-state index contributed by atoms with van der Waals surface area (Å²) < 4.78 is 78.7. The van der Waals surface area contributed by atoms with Crippen LogP contribution >= 0.6 is 11.6 Å². The van der Waals surface area contributed by atoms with E-state index in [9.17, 15) is 31.1 Å². The lowest BCUT2D eigenvalue weighted by Gasteiger charge is -2.05. The first-order valence-electron chi connectivity index (χ1n) is 5.69. The fraction of sp³-hybridized carbons (Fsp3) is 0.455. The van der Waals surface area contributed by atoms with Crippen LogP contribution in [-0.2, 0) is 22.3 Å². The Kier molecular flexibility index (Phi) is 5.86. The first-order valence-corrected chi connectivity index (χ1v) is 6.07. The molecule has 0 aliphatic rings. The molecule has 0 aromatic carbocycles. The van der Waals surface area contributed by atoms with Crippen LogP contribution in [0.25, 0.3) is 0 Å². The molecular weight excluding hydrogens is 342 g/mol. The second kappa shape index (κ2) is 7.03. The molecule has 0 amide bonds. The van der Waals surface area contributed by atoms with Gasteiger partial charge in [-0.2, -0.15) is 27.1 Å². The molecule has 0 fully saturated rings. The largest absolute Gasteiger partial charge is 0.464 e. The van der Waals surface area contributed by atoms with Crippen molar-refractivity contribution in [3.63, 3.8) is 0 Å². The zero-order chi connectivity index (χ0) is 17.1. The van der Waals surface area contributed by atoms with Crippen LogP contribution < -0.4 is 0 Å². The van der Waals surface area contributed by atoms with Crippen LogP contribution in [0.4, 0.5) is 26.3 Å². The molecule has 0 aliphatic heterocycles. The highest BCUT2D eigenvalue weighted by Crippen LogP contribution is 2.35. The highest BCUT2D eigenvalue weighted by atomic mass is 35.5. The van der Waals surface area contributed by atoms with Gasteiger partial charge in [0.15, 0.2) is 11.5 Å². The van der Waals surface area contributed by atoms with E-state index in [1.165, 1.54) is 6.92 Å². The highest BCUT2D eigenvalue weighted by Gasteiger charge is 2.38. The Morgan fingerprint density at radius 1 is 1.32 bits per heavy atom. The maximum atomic E-state index is 12.6. The van der Waals surface area contributed by atoms with E-state index in [-0.39, 0.29) is 5.69 Å². The summed E-state index contributed by atoms with van der Waals surface area (Å²) in [6, 6.07) is 0. The Morgan fingerprint density at radius 3 is 2.36 bits per heavy atom. The van der Waals surface area contributed by atoms with Gasteiger partial charge in [-0.15, -0.1) is 0 Å². The number of alkyl halides is 3. The highest BCUT2D eigenvalue weighted by molar-refractivity contribution is 6.31. The Balaban J connectivity index is 2.68. The fourth-order valence-electron chi connectivity index (χ4n) is 1.38. The van der Waals surface area contributed by atoms with Crippen LogP contribution in [-0.4, -0.2) is 22.4 Å². The molecule has 11 heteroatoms. The zero-order valence-electron chi connectivity index (χ0n) is 11.0. The molecule has 1 aromatic heterocycles. The number of carbonyl (C=O) groups is 1. The van der Waals surface area contributed by atoms with Crippen LogP contribution in [0.3, 0.4) is 0 Å². The molecule has 0 unspecified atom stereocenters. The van der Waals surface area contributed by atoms with E-state index in [4.69, 9.17) is 11.6 Å². The second-order valence-electron chi connectivity index (χ2n) is 4.04. The number of esters is 1. The smallest absolute Gasteiger partial charge is 0.436 e. The molecule has 0 atom stereocenters. The lowest BCUT2D eigenvalue weighted by Crippen LogP contribution is -2.17. The van der Waals surface area contributed by atoms with Gasteiger partial charge < -0.3 is 4.74 Å². The minimum atomic E-state index is -4.79. The summed E-state index contributed by atoms with van der Waals surface area (Å²) in [7, 11) is 0. The minimum absolute atomic E-state index is 0.119. The van der Waals surface area contributed by atoms with E-state index in [1.54, 1.807) is 0 Å². The van der Waals surface area contributed by atoms with Crippen LogP contribution in [0, 0.1) is 6.92 Å². The molecule has 0 radical (unpaired) electrons. The Bertz CT molecular complexity index is 592. The molecule has 1 aromatic rings. The second-order valence-corrected chi connectivity index (χ2v) is 4.42. The normalized spacial score (nSPS) is 11.5. The van der Waals surface area contributed by atoms with Gasteiger partial charge in [0.1, 0.15) is 6.54 Å². The van der Waals surface area contributed by atoms with Crippen molar-refractivity contribution in [2.45, 2.75) is 26.1 Å².